The first-order valence-corrected chi connectivity index (χ1v) is 6.17. The Morgan fingerprint density at radius 1 is 1.16 bits per heavy atom. The lowest BCUT2D eigenvalue weighted by atomic mass is 9.86. The number of rotatable bonds is 3. The number of benzene rings is 1. The number of hydrogen-bond acceptors (Lipinski definition) is 3. The highest BCUT2D eigenvalue weighted by Gasteiger charge is 2.17. The second-order valence-electron chi connectivity index (χ2n) is 5.53. The van der Waals surface area contributed by atoms with E-state index in [0.29, 0.717) is 5.56 Å². The van der Waals surface area contributed by atoms with Crippen LogP contribution >= 0.6 is 0 Å². The van der Waals surface area contributed by atoms with Gasteiger partial charge >= 0.3 is 0 Å². The van der Waals surface area contributed by atoms with E-state index in [2.05, 4.69) is 26.1 Å². The Balaban J connectivity index is 2.76. The molecule has 0 bridgehead atoms. The van der Waals surface area contributed by atoms with Crippen LogP contribution in [-0.4, -0.2) is 17.9 Å². The maximum absolute atomic E-state index is 11.9. The van der Waals surface area contributed by atoms with E-state index in [1.54, 1.807) is 19.1 Å². The van der Waals surface area contributed by atoms with E-state index in [4.69, 9.17) is 5.84 Å². The molecule has 0 saturated heterocycles. The molecule has 0 radical (unpaired) electrons. The largest absolute Gasteiger partial charge is 0.340 e. The second-order valence-corrected chi connectivity index (χ2v) is 5.53. The zero-order chi connectivity index (χ0) is 14.6. The third-order valence-electron chi connectivity index (χ3n) is 2.90. The third-order valence-corrected chi connectivity index (χ3v) is 2.90. The Bertz CT molecular complexity index is 461. The van der Waals surface area contributed by atoms with Crippen molar-refractivity contribution in [3.63, 3.8) is 0 Å². The van der Waals surface area contributed by atoms with Crippen LogP contribution in [0.5, 0.6) is 0 Å². The van der Waals surface area contributed by atoms with Crippen molar-refractivity contribution in [2.24, 2.45) is 5.84 Å². The highest BCUT2D eigenvalue weighted by atomic mass is 16.2. The number of hydrazine groups is 1. The zero-order valence-corrected chi connectivity index (χ0v) is 11.8. The van der Waals surface area contributed by atoms with Crippen molar-refractivity contribution in [3.05, 3.63) is 35.4 Å². The first kappa shape index (κ1) is 15.2. The van der Waals surface area contributed by atoms with Gasteiger partial charge in [0.25, 0.3) is 11.8 Å². The topological polar surface area (TPSA) is 84.2 Å². The van der Waals surface area contributed by atoms with Crippen molar-refractivity contribution in [3.8, 4) is 0 Å². The fourth-order valence-electron chi connectivity index (χ4n) is 1.59. The van der Waals surface area contributed by atoms with Gasteiger partial charge in [-0.25, -0.2) is 5.84 Å². The molecule has 0 fully saturated rings. The molecule has 19 heavy (non-hydrogen) atoms. The number of hydrogen-bond donors (Lipinski definition) is 3. The quantitative estimate of drug-likeness (QED) is 0.433. The Hall–Kier alpha value is -1.88. The van der Waals surface area contributed by atoms with Crippen LogP contribution in [0, 0.1) is 0 Å². The molecule has 0 aromatic heterocycles. The Kier molecular flexibility index (Phi) is 4.67. The summed E-state index contributed by atoms with van der Waals surface area (Å²) < 4.78 is 0. The standard InChI is InChI=1S/C14H21N3O2/c1-9(12(18)17-15)16-13(19)10-5-7-11(8-6-10)14(2,3)4/h5-9H,15H2,1-4H3,(H,16,19)(H,17,18). The van der Waals surface area contributed by atoms with Gasteiger partial charge in [-0.2, -0.15) is 0 Å². The number of nitrogens with one attached hydrogen (secondary N) is 2. The van der Waals surface area contributed by atoms with Gasteiger partial charge in [0.1, 0.15) is 6.04 Å². The minimum absolute atomic E-state index is 0.0434. The second kappa shape index (κ2) is 5.84. The summed E-state index contributed by atoms with van der Waals surface area (Å²) in [6.07, 6.45) is 0. The van der Waals surface area contributed by atoms with Crippen molar-refractivity contribution >= 4 is 11.8 Å². The summed E-state index contributed by atoms with van der Waals surface area (Å²) in [6, 6.07) is 6.68. The predicted molar refractivity (Wildman–Crippen MR) is 74.4 cm³/mol. The summed E-state index contributed by atoms with van der Waals surface area (Å²) in [5, 5.41) is 2.57. The molecule has 2 amide bonds. The molecule has 1 aromatic carbocycles. The Labute approximate surface area is 113 Å². The number of carbonyl (C=O) groups is 2. The van der Waals surface area contributed by atoms with Crippen molar-refractivity contribution in [1.82, 2.24) is 10.7 Å². The summed E-state index contributed by atoms with van der Waals surface area (Å²) >= 11 is 0. The minimum atomic E-state index is -0.667. The van der Waals surface area contributed by atoms with Gasteiger partial charge in [0.2, 0.25) is 0 Å². The lowest BCUT2D eigenvalue weighted by molar-refractivity contribution is -0.122. The average Bonchev–Trinajstić information content (AvgIpc) is 2.36. The van der Waals surface area contributed by atoms with E-state index in [-0.39, 0.29) is 11.3 Å². The summed E-state index contributed by atoms with van der Waals surface area (Å²) in [5.74, 6) is 4.28. The minimum Gasteiger partial charge on any atom is -0.340 e. The van der Waals surface area contributed by atoms with E-state index in [1.807, 2.05) is 17.6 Å². The van der Waals surface area contributed by atoms with Crippen LogP contribution in [0.25, 0.3) is 0 Å². The van der Waals surface area contributed by atoms with Crippen LogP contribution < -0.4 is 16.6 Å². The van der Waals surface area contributed by atoms with Crippen molar-refractivity contribution in [1.29, 1.82) is 0 Å². The molecule has 104 valence electrons. The van der Waals surface area contributed by atoms with E-state index in [1.165, 1.54) is 0 Å². The maximum Gasteiger partial charge on any atom is 0.256 e. The summed E-state index contributed by atoms with van der Waals surface area (Å²) in [4.78, 5) is 23.1. The van der Waals surface area contributed by atoms with Crippen LogP contribution in [0.2, 0.25) is 0 Å². The molecule has 1 aromatic rings. The molecule has 0 saturated carbocycles. The molecular weight excluding hydrogens is 242 g/mol. The van der Waals surface area contributed by atoms with E-state index >= 15 is 0 Å². The SMILES string of the molecule is CC(NC(=O)c1ccc(C(C)(C)C)cc1)C(=O)NN. The fraction of sp³-hybridized carbons (Fsp3) is 0.429. The van der Waals surface area contributed by atoms with E-state index < -0.39 is 11.9 Å². The highest BCUT2D eigenvalue weighted by molar-refractivity contribution is 5.97. The predicted octanol–water partition coefficient (Wildman–Crippen LogP) is 1.09. The molecule has 0 heterocycles. The van der Waals surface area contributed by atoms with Gasteiger partial charge in [-0.15, -0.1) is 0 Å². The molecule has 0 aliphatic carbocycles. The van der Waals surface area contributed by atoms with E-state index in [9.17, 15) is 9.59 Å². The van der Waals surface area contributed by atoms with Crippen molar-refractivity contribution in [2.45, 2.75) is 39.2 Å². The smallest absolute Gasteiger partial charge is 0.256 e. The summed E-state index contributed by atoms with van der Waals surface area (Å²) in [5.41, 5.74) is 3.71. The van der Waals surface area contributed by atoms with Gasteiger partial charge in [0.15, 0.2) is 0 Å². The van der Waals surface area contributed by atoms with Crippen LogP contribution in [-0.2, 0) is 10.2 Å². The Morgan fingerprint density at radius 3 is 2.11 bits per heavy atom. The van der Waals surface area contributed by atoms with Crippen molar-refractivity contribution in [2.75, 3.05) is 0 Å². The zero-order valence-electron chi connectivity index (χ0n) is 11.8. The van der Waals surface area contributed by atoms with Gasteiger partial charge < -0.3 is 5.32 Å². The first-order valence-electron chi connectivity index (χ1n) is 6.17. The van der Waals surface area contributed by atoms with Crippen molar-refractivity contribution < 1.29 is 9.59 Å². The average molecular weight is 263 g/mol. The van der Waals surface area contributed by atoms with Gasteiger partial charge in [-0.05, 0) is 30.0 Å². The molecule has 1 unspecified atom stereocenters. The van der Waals surface area contributed by atoms with Crippen LogP contribution in [0.15, 0.2) is 24.3 Å². The van der Waals surface area contributed by atoms with E-state index in [0.717, 1.165) is 5.56 Å². The lowest BCUT2D eigenvalue weighted by Gasteiger charge is -2.19. The van der Waals surface area contributed by atoms with Crippen LogP contribution in [0.1, 0.15) is 43.6 Å². The maximum atomic E-state index is 11.9. The molecule has 1 atom stereocenters. The molecule has 0 spiro atoms. The molecular formula is C14H21N3O2. The molecule has 5 nitrogen and oxygen atoms in total. The lowest BCUT2D eigenvalue weighted by Crippen LogP contribution is -2.47. The normalized spacial score (nSPS) is 12.7. The van der Waals surface area contributed by atoms with Crippen LogP contribution in [0.4, 0.5) is 0 Å². The molecule has 0 aliphatic rings. The van der Waals surface area contributed by atoms with Gasteiger partial charge in [0.05, 0.1) is 0 Å². The molecule has 1 rings (SSSR count). The molecule has 5 heteroatoms. The summed E-state index contributed by atoms with van der Waals surface area (Å²) in [6.45, 7) is 7.89. The first-order chi connectivity index (χ1) is 8.75. The third kappa shape index (κ3) is 4.06. The number of nitrogens with two attached hydrogens (primary N) is 1. The van der Waals surface area contributed by atoms with Gasteiger partial charge in [-0.1, -0.05) is 32.9 Å². The Morgan fingerprint density at radius 2 is 1.68 bits per heavy atom. The van der Waals surface area contributed by atoms with Gasteiger partial charge in [-0.3, -0.25) is 15.0 Å². The summed E-state index contributed by atoms with van der Waals surface area (Å²) in [7, 11) is 0. The monoisotopic (exact) mass is 263 g/mol. The number of amides is 2. The highest BCUT2D eigenvalue weighted by Crippen LogP contribution is 2.22. The van der Waals surface area contributed by atoms with Crippen LogP contribution in [0.3, 0.4) is 0 Å². The number of carbonyl (C=O) groups excluding carboxylic acids is 2. The molecule has 4 N–H and O–H groups in total. The van der Waals surface area contributed by atoms with Gasteiger partial charge in [0, 0.05) is 5.56 Å². The molecule has 0 aliphatic heterocycles. The fourth-order valence-corrected chi connectivity index (χ4v) is 1.59.